The SMILES string of the molecule is CCCCCCCCCCCCCCCCCC[O][Al][O]C(=O)CCCCCCCCCCCCCCCCC. The molecule has 3 nitrogen and oxygen atoms in total. The topological polar surface area (TPSA) is 35.5 Å². The van der Waals surface area contributed by atoms with Crippen LogP contribution in [0.25, 0.3) is 0 Å². The zero-order valence-corrected chi connectivity index (χ0v) is 28.8. The molecule has 0 bridgehead atoms. The molecule has 0 fully saturated rings. The second-order valence-electron chi connectivity index (χ2n) is 12.5. The van der Waals surface area contributed by atoms with Crippen molar-refractivity contribution in [1.29, 1.82) is 0 Å². The van der Waals surface area contributed by atoms with Gasteiger partial charge in [-0.25, -0.2) is 0 Å². The smallest absolute Gasteiger partial charge is 0.600 e. The summed E-state index contributed by atoms with van der Waals surface area (Å²) < 4.78 is 10.9. The molecule has 0 aliphatic rings. The summed E-state index contributed by atoms with van der Waals surface area (Å²) >= 11 is -0.616. The van der Waals surface area contributed by atoms with E-state index < -0.39 is 15.9 Å². The van der Waals surface area contributed by atoms with Gasteiger partial charge in [-0.15, -0.1) is 0 Å². The number of hydrogen-bond acceptors (Lipinski definition) is 3. The third-order valence-corrected chi connectivity index (χ3v) is 9.08. The molecular weight excluding hydrogens is 507 g/mol. The van der Waals surface area contributed by atoms with E-state index in [4.69, 9.17) is 7.58 Å². The minimum absolute atomic E-state index is 0.0586. The molecule has 0 rings (SSSR count). The lowest BCUT2D eigenvalue weighted by Crippen LogP contribution is -2.12. The monoisotopic (exact) mass is 580 g/mol. The normalized spacial score (nSPS) is 11.2. The quantitative estimate of drug-likeness (QED) is 0.0553. The Morgan fingerprint density at radius 1 is 0.400 bits per heavy atom. The van der Waals surface area contributed by atoms with Gasteiger partial charge >= 0.3 is 15.9 Å². The molecule has 1 radical (unpaired) electrons. The maximum atomic E-state index is 11.9. The minimum Gasteiger partial charge on any atom is -0.600 e. The molecule has 0 aromatic heterocycles. The van der Waals surface area contributed by atoms with E-state index in [1.807, 2.05) is 0 Å². The fourth-order valence-electron chi connectivity index (χ4n) is 5.57. The van der Waals surface area contributed by atoms with Crippen molar-refractivity contribution in [3.63, 3.8) is 0 Å². The van der Waals surface area contributed by atoms with E-state index in [2.05, 4.69) is 13.8 Å². The highest BCUT2D eigenvalue weighted by Gasteiger charge is 2.07. The number of carbonyl (C=O) groups is 1. The van der Waals surface area contributed by atoms with Crippen molar-refractivity contribution in [3.05, 3.63) is 0 Å². The highest BCUT2D eigenvalue weighted by Crippen LogP contribution is 2.15. The summed E-state index contributed by atoms with van der Waals surface area (Å²) in [4.78, 5) is 11.9. The molecule has 0 amide bonds. The Kier molecular flexibility index (Phi) is 37.0. The second kappa shape index (κ2) is 37.0. The molecule has 0 N–H and O–H groups in total. The van der Waals surface area contributed by atoms with Crippen LogP contribution < -0.4 is 0 Å². The summed E-state index contributed by atoms with van der Waals surface area (Å²) in [7, 11) is 0. The van der Waals surface area contributed by atoms with Crippen molar-refractivity contribution in [3.8, 4) is 0 Å². The molecule has 0 saturated heterocycles. The Morgan fingerprint density at radius 3 is 1.00 bits per heavy atom. The van der Waals surface area contributed by atoms with Gasteiger partial charge in [0, 0.05) is 13.0 Å². The molecule has 0 aromatic carbocycles. The summed E-state index contributed by atoms with van der Waals surface area (Å²) in [6.07, 6.45) is 42.9. The Hall–Kier alpha value is -0.0375. The number of carbonyl (C=O) groups excluding carboxylic acids is 1. The van der Waals surface area contributed by atoms with Crippen LogP contribution in [0.5, 0.6) is 0 Å². The van der Waals surface area contributed by atoms with Crippen LogP contribution in [0.4, 0.5) is 0 Å². The van der Waals surface area contributed by atoms with Crippen LogP contribution in [0, 0.1) is 0 Å². The molecule has 0 saturated carbocycles. The van der Waals surface area contributed by atoms with Crippen LogP contribution in [0.2, 0.25) is 0 Å². The molecule has 4 heteroatoms. The fraction of sp³-hybridized carbons (Fsp3) is 0.972. The lowest BCUT2D eigenvalue weighted by molar-refractivity contribution is -0.135. The molecule has 0 spiro atoms. The maximum Gasteiger partial charge on any atom is 0.776 e. The van der Waals surface area contributed by atoms with Gasteiger partial charge < -0.3 is 7.58 Å². The molecule has 0 aliphatic carbocycles. The van der Waals surface area contributed by atoms with Crippen LogP contribution in [0.3, 0.4) is 0 Å². The Morgan fingerprint density at radius 2 is 0.675 bits per heavy atom. The third kappa shape index (κ3) is 36.0. The van der Waals surface area contributed by atoms with E-state index in [0.29, 0.717) is 6.42 Å². The van der Waals surface area contributed by atoms with Gasteiger partial charge in [-0.1, -0.05) is 200 Å². The number of rotatable bonds is 35. The van der Waals surface area contributed by atoms with Gasteiger partial charge in [0.2, 0.25) is 0 Å². The second-order valence-corrected chi connectivity index (χ2v) is 13.2. The Labute approximate surface area is 259 Å². The van der Waals surface area contributed by atoms with Crippen LogP contribution >= 0.6 is 0 Å². The van der Waals surface area contributed by atoms with Crippen molar-refractivity contribution in [2.24, 2.45) is 0 Å². The molecule has 40 heavy (non-hydrogen) atoms. The van der Waals surface area contributed by atoms with E-state index in [1.165, 1.54) is 180 Å². The van der Waals surface area contributed by atoms with E-state index in [0.717, 1.165) is 25.9 Å². The molecule has 237 valence electrons. The largest absolute Gasteiger partial charge is 0.776 e. The van der Waals surface area contributed by atoms with Crippen molar-refractivity contribution >= 4 is 21.9 Å². The fourth-order valence-corrected chi connectivity index (χ4v) is 6.12. The first-order valence-electron chi connectivity index (χ1n) is 18.4. The summed E-state index contributed by atoms with van der Waals surface area (Å²) in [6.45, 7) is 5.33. The summed E-state index contributed by atoms with van der Waals surface area (Å²) in [5.41, 5.74) is 0. The van der Waals surface area contributed by atoms with Gasteiger partial charge in [0.1, 0.15) is 0 Å². The predicted octanol–water partition coefficient (Wildman–Crippen LogP) is 12.6. The summed E-state index contributed by atoms with van der Waals surface area (Å²) in [5, 5.41) is 0. The van der Waals surface area contributed by atoms with Crippen molar-refractivity contribution in [2.75, 3.05) is 6.61 Å². The average Bonchev–Trinajstić information content (AvgIpc) is 2.96. The molecule has 0 heterocycles. The van der Waals surface area contributed by atoms with Gasteiger partial charge in [-0.2, -0.15) is 0 Å². The van der Waals surface area contributed by atoms with Crippen molar-refractivity contribution < 1.29 is 12.4 Å². The first-order valence-corrected chi connectivity index (χ1v) is 19.4. The highest BCUT2D eigenvalue weighted by atomic mass is 27.2. The molecular formula is C36H72AlO3. The third-order valence-electron chi connectivity index (χ3n) is 8.35. The number of unbranched alkanes of at least 4 members (excludes halogenated alkanes) is 29. The van der Waals surface area contributed by atoms with Crippen molar-refractivity contribution in [1.82, 2.24) is 0 Å². The molecule has 0 aromatic rings. The average molecular weight is 580 g/mol. The predicted molar refractivity (Wildman–Crippen MR) is 177 cm³/mol. The summed E-state index contributed by atoms with van der Waals surface area (Å²) in [6, 6.07) is 0. The van der Waals surface area contributed by atoms with Gasteiger partial charge in [0.15, 0.2) is 0 Å². The van der Waals surface area contributed by atoms with Gasteiger partial charge in [0.25, 0.3) is 5.97 Å². The zero-order chi connectivity index (χ0) is 29.0. The van der Waals surface area contributed by atoms with Gasteiger partial charge in [-0.3, -0.25) is 4.79 Å². The Bertz CT molecular complexity index is 471. The van der Waals surface area contributed by atoms with Crippen molar-refractivity contribution in [2.45, 2.75) is 219 Å². The standard InChI is InChI=1S/C18H36O2.C18H37O.Al/c1-2-3-4-5-6-7-8-9-10-11-12-13-14-15-16-17-18(19)20;1-2-3-4-5-6-7-8-9-10-11-12-13-14-15-16-17-18-19;/h2-17H2,1H3,(H,19,20);2-18H2,1H3;/q;-1;+2/p-1. The first kappa shape index (κ1) is 40.0. The van der Waals surface area contributed by atoms with Gasteiger partial charge in [0.05, 0.1) is 0 Å². The van der Waals surface area contributed by atoms with Crippen LogP contribution in [0.15, 0.2) is 0 Å². The van der Waals surface area contributed by atoms with Crippen LogP contribution in [0.1, 0.15) is 219 Å². The van der Waals surface area contributed by atoms with Gasteiger partial charge in [-0.05, 0) is 12.8 Å². The lowest BCUT2D eigenvalue weighted by atomic mass is 10.0. The van der Waals surface area contributed by atoms with E-state index in [9.17, 15) is 4.79 Å². The van der Waals surface area contributed by atoms with E-state index in [1.54, 1.807) is 0 Å². The first-order chi connectivity index (χ1) is 19.8. The molecule has 0 aliphatic heterocycles. The minimum atomic E-state index is -0.616. The van der Waals surface area contributed by atoms with Crippen LogP contribution in [-0.4, -0.2) is 28.5 Å². The van der Waals surface area contributed by atoms with E-state index >= 15 is 0 Å². The Balaban J connectivity index is 3.14. The molecule has 0 atom stereocenters. The van der Waals surface area contributed by atoms with Crippen LogP contribution in [-0.2, 0) is 12.4 Å². The highest BCUT2D eigenvalue weighted by molar-refractivity contribution is 6.22. The number of hydrogen-bond donors (Lipinski definition) is 0. The lowest BCUT2D eigenvalue weighted by Gasteiger charge is -2.06. The van der Waals surface area contributed by atoms with E-state index in [-0.39, 0.29) is 5.97 Å². The zero-order valence-electron chi connectivity index (χ0n) is 27.6. The molecule has 0 unspecified atom stereocenters. The maximum absolute atomic E-state index is 11.9. The summed E-state index contributed by atoms with van der Waals surface area (Å²) in [5.74, 6) is -0.0586.